The predicted octanol–water partition coefficient (Wildman–Crippen LogP) is 4.82. The topological polar surface area (TPSA) is 36.1 Å². The third-order valence-corrected chi connectivity index (χ3v) is 6.59. The molecule has 0 radical (unpaired) electrons. The van der Waals surface area contributed by atoms with Crippen LogP contribution in [0, 0.1) is 11.7 Å². The highest BCUT2D eigenvalue weighted by Gasteiger charge is 2.54. The lowest BCUT2D eigenvalue weighted by Gasteiger charge is -2.34. The zero-order chi connectivity index (χ0) is 19.1. The van der Waals surface area contributed by atoms with E-state index in [1.165, 1.54) is 11.6 Å². The number of fused-ring (bicyclic) bond motifs is 1. The van der Waals surface area contributed by atoms with Crippen LogP contribution in [-0.4, -0.2) is 28.9 Å². The minimum atomic E-state index is -0.446. The number of nitrogens with one attached hydrogen (secondary N) is 1. The Labute approximate surface area is 164 Å². The molecule has 1 aliphatic heterocycles. The number of benzene rings is 2. The number of aromatic nitrogens is 1. The Morgan fingerprint density at radius 2 is 1.86 bits per heavy atom. The Kier molecular flexibility index (Phi) is 4.22. The summed E-state index contributed by atoms with van der Waals surface area (Å²) < 4.78 is 13.8. The van der Waals surface area contributed by atoms with Crippen molar-refractivity contribution in [3.8, 4) is 0 Å². The van der Waals surface area contributed by atoms with Gasteiger partial charge >= 0.3 is 0 Å². The van der Waals surface area contributed by atoms with E-state index in [1.54, 1.807) is 12.1 Å². The number of halogens is 1. The summed E-state index contributed by atoms with van der Waals surface area (Å²) in [6, 6.07) is 15.4. The molecule has 0 bridgehead atoms. The Balaban J connectivity index is 1.30. The summed E-state index contributed by atoms with van der Waals surface area (Å²) in [7, 11) is 0. The van der Waals surface area contributed by atoms with Crippen LogP contribution in [-0.2, 0) is 16.6 Å². The molecule has 3 aromatic rings. The lowest BCUT2D eigenvalue weighted by atomic mass is 9.88. The van der Waals surface area contributed by atoms with Gasteiger partial charge in [0.25, 0.3) is 0 Å². The van der Waals surface area contributed by atoms with Gasteiger partial charge in [-0.05, 0) is 67.3 Å². The molecule has 144 valence electrons. The molecule has 0 atom stereocenters. The van der Waals surface area contributed by atoms with Crippen molar-refractivity contribution in [1.82, 2.24) is 9.88 Å². The van der Waals surface area contributed by atoms with Gasteiger partial charge in [-0.15, -0.1) is 0 Å². The molecular formula is C24H25FN2O. The lowest BCUT2D eigenvalue weighted by Crippen LogP contribution is -2.44. The number of hydrogen-bond acceptors (Lipinski definition) is 1. The normalized spacial score (nSPS) is 19.1. The number of rotatable bonds is 4. The molecule has 1 aliphatic carbocycles. The molecule has 2 heterocycles. The number of piperidine rings is 1. The van der Waals surface area contributed by atoms with Gasteiger partial charge in [0, 0.05) is 30.2 Å². The summed E-state index contributed by atoms with van der Waals surface area (Å²) >= 11 is 0. The van der Waals surface area contributed by atoms with Crippen LogP contribution in [0.4, 0.5) is 4.39 Å². The number of H-pyrrole nitrogens is 1. The summed E-state index contributed by atoms with van der Waals surface area (Å²) in [5.74, 6) is 0.623. The third-order valence-electron chi connectivity index (χ3n) is 6.59. The first-order valence-corrected chi connectivity index (χ1v) is 10.3. The fourth-order valence-electron chi connectivity index (χ4n) is 4.80. The number of carbonyl (C=O) groups excluding carboxylic acids is 1. The number of hydrogen-bond donors (Lipinski definition) is 1. The Hall–Kier alpha value is -2.62. The molecule has 5 rings (SSSR count). The average molecular weight is 376 g/mol. The van der Waals surface area contributed by atoms with Gasteiger partial charge in [-0.1, -0.05) is 30.3 Å². The van der Waals surface area contributed by atoms with E-state index in [0.717, 1.165) is 61.7 Å². The van der Waals surface area contributed by atoms with Crippen molar-refractivity contribution in [1.29, 1.82) is 0 Å². The summed E-state index contributed by atoms with van der Waals surface area (Å²) in [4.78, 5) is 18.7. The Morgan fingerprint density at radius 1 is 1.11 bits per heavy atom. The molecule has 3 nitrogen and oxygen atoms in total. The number of likely N-dealkylation sites (tertiary alicyclic amines) is 1. The zero-order valence-electron chi connectivity index (χ0n) is 16.0. The third kappa shape index (κ3) is 3.01. The average Bonchev–Trinajstić information content (AvgIpc) is 3.42. The maximum absolute atomic E-state index is 13.8. The van der Waals surface area contributed by atoms with Crippen LogP contribution < -0.4 is 0 Å². The van der Waals surface area contributed by atoms with Gasteiger partial charge in [0.2, 0.25) is 5.91 Å². The molecule has 1 amide bonds. The number of amides is 1. The number of nitrogens with zero attached hydrogens (tertiary/aromatic N) is 1. The number of aromatic amines is 1. The first-order valence-electron chi connectivity index (χ1n) is 10.3. The first kappa shape index (κ1) is 17.5. The van der Waals surface area contributed by atoms with Gasteiger partial charge in [-0.2, -0.15) is 0 Å². The molecule has 2 fully saturated rings. The van der Waals surface area contributed by atoms with Crippen LogP contribution in [0.3, 0.4) is 0 Å². The molecule has 2 aliphatic rings. The van der Waals surface area contributed by atoms with E-state index in [1.807, 2.05) is 11.1 Å². The van der Waals surface area contributed by atoms with Gasteiger partial charge in [0.15, 0.2) is 0 Å². The number of carbonyl (C=O) groups is 1. The molecule has 2 aromatic carbocycles. The minimum absolute atomic E-state index is 0.232. The van der Waals surface area contributed by atoms with E-state index in [4.69, 9.17) is 0 Å². The fraction of sp³-hybridized carbons (Fsp3) is 0.375. The molecule has 1 aromatic heterocycles. The van der Waals surface area contributed by atoms with Crippen LogP contribution in [0.25, 0.3) is 10.9 Å². The van der Waals surface area contributed by atoms with Gasteiger partial charge in [-0.3, -0.25) is 4.79 Å². The van der Waals surface area contributed by atoms with E-state index < -0.39 is 5.41 Å². The van der Waals surface area contributed by atoms with Gasteiger partial charge in [-0.25, -0.2) is 4.39 Å². The summed E-state index contributed by atoms with van der Waals surface area (Å²) in [6.45, 7) is 1.66. The summed E-state index contributed by atoms with van der Waals surface area (Å²) in [5.41, 5.74) is 2.81. The van der Waals surface area contributed by atoms with Crippen molar-refractivity contribution in [3.63, 3.8) is 0 Å². The van der Waals surface area contributed by atoms with Crippen molar-refractivity contribution in [2.24, 2.45) is 5.92 Å². The van der Waals surface area contributed by atoms with Crippen molar-refractivity contribution in [3.05, 3.63) is 71.7 Å². The smallest absolute Gasteiger partial charge is 0.233 e. The summed E-state index contributed by atoms with van der Waals surface area (Å²) in [5, 5.41) is 0.852. The molecule has 28 heavy (non-hydrogen) atoms. The highest BCUT2D eigenvalue weighted by molar-refractivity contribution is 5.97. The SMILES string of the molecule is O=C(N1CCC(Cc2ccccc2)CC1)C1(c2c[nH]c3ccc(F)cc23)CC1. The largest absolute Gasteiger partial charge is 0.361 e. The van der Waals surface area contributed by atoms with E-state index in [0.29, 0.717) is 5.92 Å². The van der Waals surface area contributed by atoms with E-state index in [2.05, 4.69) is 35.3 Å². The molecule has 0 spiro atoms. The first-order chi connectivity index (χ1) is 13.7. The second kappa shape index (κ2) is 6.77. The molecular weight excluding hydrogens is 351 g/mol. The van der Waals surface area contributed by atoms with Crippen LogP contribution in [0.1, 0.15) is 36.8 Å². The lowest BCUT2D eigenvalue weighted by molar-refractivity contribution is -0.135. The second-order valence-electron chi connectivity index (χ2n) is 8.40. The molecule has 1 N–H and O–H groups in total. The van der Waals surface area contributed by atoms with Crippen molar-refractivity contribution >= 4 is 16.8 Å². The minimum Gasteiger partial charge on any atom is -0.361 e. The molecule has 1 saturated carbocycles. The predicted molar refractivity (Wildman–Crippen MR) is 109 cm³/mol. The fourth-order valence-corrected chi connectivity index (χ4v) is 4.80. The highest BCUT2D eigenvalue weighted by atomic mass is 19.1. The Morgan fingerprint density at radius 3 is 2.57 bits per heavy atom. The summed E-state index contributed by atoms with van der Waals surface area (Å²) in [6.07, 6.45) is 6.84. The molecule has 4 heteroatoms. The second-order valence-corrected chi connectivity index (χ2v) is 8.40. The van der Waals surface area contributed by atoms with Crippen molar-refractivity contribution in [2.75, 3.05) is 13.1 Å². The standard InChI is InChI=1S/C24H25FN2O/c25-19-6-7-22-20(15-19)21(16-26-22)24(10-11-24)23(28)27-12-8-18(9-13-27)14-17-4-2-1-3-5-17/h1-7,15-16,18,26H,8-14H2. The molecule has 1 saturated heterocycles. The van der Waals surface area contributed by atoms with Crippen LogP contribution >= 0.6 is 0 Å². The monoisotopic (exact) mass is 376 g/mol. The van der Waals surface area contributed by atoms with Crippen molar-refractivity contribution in [2.45, 2.75) is 37.5 Å². The Bertz CT molecular complexity index is 998. The van der Waals surface area contributed by atoms with Crippen LogP contribution in [0.5, 0.6) is 0 Å². The van der Waals surface area contributed by atoms with Gasteiger partial charge in [0.05, 0.1) is 5.41 Å². The van der Waals surface area contributed by atoms with Crippen LogP contribution in [0.2, 0.25) is 0 Å². The van der Waals surface area contributed by atoms with E-state index in [9.17, 15) is 9.18 Å². The highest BCUT2D eigenvalue weighted by Crippen LogP contribution is 2.52. The van der Waals surface area contributed by atoms with Crippen molar-refractivity contribution < 1.29 is 9.18 Å². The van der Waals surface area contributed by atoms with E-state index in [-0.39, 0.29) is 11.7 Å². The maximum atomic E-state index is 13.8. The zero-order valence-corrected chi connectivity index (χ0v) is 16.0. The van der Waals surface area contributed by atoms with Gasteiger partial charge < -0.3 is 9.88 Å². The van der Waals surface area contributed by atoms with Gasteiger partial charge in [0.1, 0.15) is 5.82 Å². The molecule has 0 unspecified atom stereocenters. The quantitative estimate of drug-likeness (QED) is 0.696. The maximum Gasteiger partial charge on any atom is 0.233 e. The van der Waals surface area contributed by atoms with E-state index >= 15 is 0 Å². The van der Waals surface area contributed by atoms with Crippen LogP contribution in [0.15, 0.2) is 54.7 Å².